The van der Waals surface area contributed by atoms with Crippen molar-refractivity contribution in [3.8, 4) is 5.75 Å². The summed E-state index contributed by atoms with van der Waals surface area (Å²) in [5, 5.41) is 2.44. The smallest absolute Gasteiger partial charge is 0.406 e. The molecule has 0 unspecified atom stereocenters. The van der Waals surface area contributed by atoms with E-state index in [-0.39, 0.29) is 11.4 Å². The number of carbonyl (C=O) groups is 1. The molecular weight excluding hydrogens is 328 g/mol. The summed E-state index contributed by atoms with van der Waals surface area (Å²) in [4.78, 5) is 16.0. The van der Waals surface area contributed by atoms with E-state index in [2.05, 4.69) is 15.0 Å². The normalized spacial score (nSPS) is 11.9. The Labute approximate surface area is 135 Å². The lowest BCUT2D eigenvalue weighted by molar-refractivity contribution is -0.274. The van der Waals surface area contributed by atoms with Crippen molar-refractivity contribution < 1.29 is 27.1 Å². The third-order valence-corrected chi connectivity index (χ3v) is 3.40. The fraction of sp³-hybridized carbons (Fsp3) is 0.250. The Balaban J connectivity index is 2.17. The molecule has 0 saturated carbocycles. The summed E-state index contributed by atoms with van der Waals surface area (Å²) in [6, 6.07) is 6.24. The number of ether oxygens (including phenoxy) is 1. The number of anilines is 1. The van der Waals surface area contributed by atoms with Crippen LogP contribution < -0.4 is 10.1 Å². The molecule has 4 nitrogen and oxygen atoms in total. The van der Waals surface area contributed by atoms with Gasteiger partial charge in [-0.15, -0.1) is 13.2 Å². The van der Waals surface area contributed by atoms with Crippen LogP contribution in [-0.2, 0) is 10.2 Å². The molecule has 24 heavy (non-hydrogen) atoms. The molecule has 1 aromatic carbocycles. The summed E-state index contributed by atoms with van der Waals surface area (Å²) in [5.74, 6) is -1.59. The van der Waals surface area contributed by atoms with Crippen molar-refractivity contribution in [3.05, 3.63) is 54.1 Å². The van der Waals surface area contributed by atoms with Gasteiger partial charge in [-0.25, -0.2) is 4.39 Å². The molecule has 0 bridgehead atoms. The van der Waals surface area contributed by atoms with E-state index in [4.69, 9.17) is 0 Å². The van der Waals surface area contributed by atoms with Gasteiger partial charge in [0.25, 0.3) is 0 Å². The standard InChI is InChI=1S/C16H14F4N2O2/c1-15(2,14(23)22-13-7-8-21-9-12(13)17)10-3-5-11(6-4-10)24-16(18,19)20/h3-9H,1-2H3,(H,21,22,23). The predicted octanol–water partition coefficient (Wildman–Crippen LogP) is 4.04. The van der Waals surface area contributed by atoms with Gasteiger partial charge in [-0.2, -0.15) is 0 Å². The number of nitrogens with one attached hydrogen (secondary N) is 1. The van der Waals surface area contributed by atoms with Gasteiger partial charge in [0.2, 0.25) is 5.91 Å². The minimum Gasteiger partial charge on any atom is -0.406 e. The highest BCUT2D eigenvalue weighted by molar-refractivity contribution is 5.98. The average Bonchev–Trinajstić information content (AvgIpc) is 2.48. The predicted molar refractivity (Wildman–Crippen MR) is 79.0 cm³/mol. The van der Waals surface area contributed by atoms with E-state index in [1.165, 1.54) is 24.4 Å². The lowest BCUT2D eigenvalue weighted by Gasteiger charge is -2.24. The molecule has 1 N–H and O–H groups in total. The largest absolute Gasteiger partial charge is 0.573 e. The molecule has 1 aromatic heterocycles. The minimum atomic E-state index is -4.78. The fourth-order valence-electron chi connectivity index (χ4n) is 1.96. The zero-order chi connectivity index (χ0) is 18.0. The van der Waals surface area contributed by atoms with Crippen molar-refractivity contribution in [2.45, 2.75) is 25.6 Å². The zero-order valence-electron chi connectivity index (χ0n) is 12.8. The first-order chi connectivity index (χ1) is 11.1. The summed E-state index contributed by atoms with van der Waals surface area (Å²) in [6.07, 6.45) is -2.49. The molecule has 0 aliphatic heterocycles. The van der Waals surface area contributed by atoms with Crippen LogP contribution >= 0.6 is 0 Å². The molecule has 1 heterocycles. The van der Waals surface area contributed by atoms with Crippen LogP contribution in [0.5, 0.6) is 5.75 Å². The number of carbonyl (C=O) groups excluding carboxylic acids is 1. The SMILES string of the molecule is CC(C)(C(=O)Nc1ccncc1F)c1ccc(OC(F)(F)F)cc1. The second-order valence-electron chi connectivity index (χ2n) is 5.51. The molecule has 2 aromatic rings. The molecule has 0 fully saturated rings. The number of amides is 1. The Morgan fingerprint density at radius 3 is 2.29 bits per heavy atom. The van der Waals surface area contributed by atoms with E-state index >= 15 is 0 Å². The molecular formula is C16H14F4N2O2. The van der Waals surface area contributed by atoms with E-state index in [1.807, 2.05) is 0 Å². The number of pyridine rings is 1. The van der Waals surface area contributed by atoms with Gasteiger partial charge in [0, 0.05) is 6.20 Å². The highest BCUT2D eigenvalue weighted by Gasteiger charge is 2.33. The third-order valence-electron chi connectivity index (χ3n) is 3.40. The van der Waals surface area contributed by atoms with Crippen molar-refractivity contribution >= 4 is 11.6 Å². The van der Waals surface area contributed by atoms with Crippen LogP contribution in [0, 0.1) is 5.82 Å². The maximum Gasteiger partial charge on any atom is 0.573 e. The van der Waals surface area contributed by atoms with Crippen molar-refractivity contribution in [3.63, 3.8) is 0 Å². The number of aromatic nitrogens is 1. The molecule has 8 heteroatoms. The lowest BCUT2D eigenvalue weighted by Crippen LogP contribution is -2.35. The number of nitrogens with zero attached hydrogens (tertiary/aromatic N) is 1. The minimum absolute atomic E-state index is 0.0277. The topological polar surface area (TPSA) is 51.2 Å². The van der Waals surface area contributed by atoms with Gasteiger partial charge < -0.3 is 10.1 Å². The van der Waals surface area contributed by atoms with Gasteiger partial charge in [-0.3, -0.25) is 9.78 Å². The van der Waals surface area contributed by atoms with Gasteiger partial charge in [0.05, 0.1) is 17.3 Å². The van der Waals surface area contributed by atoms with Crippen LogP contribution in [0.4, 0.5) is 23.2 Å². The average molecular weight is 342 g/mol. The van der Waals surface area contributed by atoms with Gasteiger partial charge in [0.15, 0.2) is 5.82 Å². The second-order valence-corrected chi connectivity index (χ2v) is 5.51. The summed E-state index contributed by atoms with van der Waals surface area (Å²) in [7, 11) is 0. The molecule has 0 saturated heterocycles. The second kappa shape index (κ2) is 6.46. The molecule has 0 aliphatic carbocycles. The van der Waals surface area contributed by atoms with Gasteiger partial charge in [0.1, 0.15) is 5.75 Å². The fourth-order valence-corrected chi connectivity index (χ4v) is 1.96. The maximum atomic E-state index is 13.6. The number of alkyl halides is 3. The van der Waals surface area contributed by atoms with E-state index in [0.29, 0.717) is 5.56 Å². The van der Waals surface area contributed by atoms with E-state index in [9.17, 15) is 22.4 Å². The Hall–Kier alpha value is -2.64. The molecule has 128 valence electrons. The van der Waals surface area contributed by atoms with Crippen LogP contribution in [0.1, 0.15) is 19.4 Å². The first kappa shape index (κ1) is 17.7. The number of rotatable bonds is 4. The number of hydrogen-bond donors (Lipinski definition) is 1. The molecule has 0 aliphatic rings. The molecule has 0 radical (unpaired) electrons. The third kappa shape index (κ3) is 4.21. The summed E-state index contributed by atoms with van der Waals surface area (Å²) >= 11 is 0. The van der Waals surface area contributed by atoms with Crippen LogP contribution in [0.25, 0.3) is 0 Å². The highest BCUT2D eigenvalue weighted by Crippen LogP contribution is 2.29. The number of benzene rings is 1. The first-order valence-electron chi connectivity index (χ1n) is 6.87. The molecule has 0 spiro atoms. The summed E-state index contributed by atoms with van der Waals surface area (Å²) in [6.45, 7) is 3.14. The lowest BCUT2D eigenvalue weighted by atomic mass is 9.83. The van der Waals surface area contributed by atoms with Gasteiger partial charge >= 0.3 is 6.36 Å². The van der Waals surface area contributed by atoms with Gasteiger partial charge in [-0.05, 0) is 37.6 Å². The van der Waals surface area contributed by atoms with Gasteiger partial charge in [-0.1, -0.05) is 12.1 Å². The van der Waals surface area contributed by atoms with Crippen LogP contribution in [-0.4, -0.2) is 17.3 Å². The van der Waals surface area contributed by atoms with Crippen LogP contribution in [0.15, 0.2) is 42.7 Å². The monoisotopic (exact) mass is 342 g/mol. The quantitative estimate of drug-likeness (QED) is 0.854. The van der Waals surface area contributed by atoms with Crippen LogP contribution in [0.2, 0.25) is 0 Å². The van der Waals surface area contributed by atoms with E-state index in [0.717, 1.165) is 18.3 Å². The Morgan fingerprint density at radius 1 is 1.12 bits per heavy atom. The zero-order valence-corrected chi connectivity index (χ0v) is 12.8. The van der Waals surface area contributed by atoms with Crippen LogP contribution in [0.3, 0.4) is 0 Å². The molecule has 1 amide bonds. The maximum absolute atomic E-state index is 13.6. The number of hydrogen-bond acceptors (Lipinski definition) is 3. The molecule has 0 atom stereocenters. The van der Waals surface area contributed by atoms with E-state index in [1.54, 1.807) is 13.8 Å². The first-order valence-corrected chi connectivity index (χ1v) is 6.87. The van der Waals surface area contributed by atoms with Crippen molar-refractivity contribution in [2.24, 2.45) is 0 Å². The Bertz CT molecular complexity index is 728. The van der Waals surface area contributed by atoms with Crippen molar-refractivity contribution in [1.29, 1.82) is 0 Å². The van der Waals surface area contributed by atoms with Crippen molar-refractivity contribution in [2.75, 3.05) is 5.32 Å². The summed E-state index contributed by atoms with van der Waals surface area (Å²) < 4.78 is 53.8. The Morgan fingerprint density at radius 2 is 1.75 bits per heavy atom. The molecule has 2 rings (SSSR count). The highest BCUT2D eigenvalue weighted by atomic mass is 19.4. The van der Waals surface area contributed by atoms with E-state index < -0.39 is 23.5 Å². The van der Waals surface area contributed by atoms with Crippen molar-refractivity contribution in [1.82, 2.24) is 4.98 Å². The summed E-state index contributed by atoms with van der Waals surface area (Å²) in [5.41, 5.74) is -0.684. The number of halogens is 4. The Kier molecular flexibility index (Phi) is 4.77.